The SMILES string of the molecule is COCNCCc1ccc2cc(C)ccc2c1. The number of hydrogen-bond acceptors (Lipinski definition) is 2. The van der Waals surface area contributed by atoms with Crippen LogP contribution in [0.25, 0.3) is 10.8 Å². The summed E-state index contributed by atoms with van der Waals surface area (Å²) >= 11 is 0. The van der Waals surface area contributed by atoms with E-state index in [4.69, 9.17) is 4.74 Å². The molecule has 17 heavy (non-hydrogen) atoms. The molecule has 0 aliphatic rings. The molecule has 0 aliphatic carbocycles. The Kier molecular flexibility index (Phi) is 4.13. The van der Waals surface area contributed by atoms with Crippen LogP contribution in [0.4, 0.5) is 0 Å². The van der Waals surface area contributed by atoms with Gasteiger partial charge in [-0.3, -0.25) is 5.32 Å². The van der Waals surface area contributed by atoms with Gasteiger partial charge in [0.15, 0.2) is 0 Å². The van der Waals surface area contributed by atoms with E-state index in [9.17, 15) is 0 Å². The van der Waals surface area contributed by atoms with E-state index in [2.05, 4.69) is 48.6 Å². The molecule has 2 rings (SSSR count). The lowest BCUT2D eigenvalue weighted by Gasteiger charge is -2.06. The Labute approximate surface area is 103 Å². The van der Waals surface area contributed by atoms with Gasteiger partial charge in [0.05, 0.1) is 6.73 Å². The average Bonchev–Trinajstić information content (AvgIpc) is 2.35. The lowest BCUT2D eigenvalue weighted by molar-refractivity contribution is 0.176. The molecule has 90 valence electrons. The van der Waals surface area contributed by atoms with Crippen molar-refractivity contribution in [3.8, 4) is 0 Å². The van der Waals surface area contributed by atoms with E-state index in [0.29, 0.717) is 6.73 Å². The van der Waals surface area contributed by atoms with Crippen molar-refractivity contribution in [1.82, 2.24) is 5.32 Å². The Hall–Kier alpha value is -1.38. The Morgan fingerprint density at radius 3 is 2.65 bits per heavy atom. The molecule has 0 amide bonds. The summed E-state index contributed by atoms with van der Waals surface area (Å²) in [6, 6.07) is 13.3. The summed E-state index contributed by atoms with van der Waals surface area (Å²) in [5.41, 5.74) is 2.68. The van der Waals surface area contributed by atoms with Gasteiger partial charge in [0.2, 0.25) is 0 Å². The van der Waals surface area contributed by atoms with Gasteiger partial charge in [-0.15, -0.1) is 0 Å². The molecule has 0 aliphatic heterocycles. The number of hydrogen-bond donors (Lipinski definition) is 1. The minimum absolute atomic E-state index is 0.618. The highest BCUT2D eigenvalue weighted by atomic mass is 16.5. The maximum atomic E-state index is 4.95. The molecule has 2 aromatic rings. The van der Waals surface area contributed by atoms with Gasteiger partial charge in [0.25, 0.3) is 0 Å². The molecular formula is C15H19NO. The largest absolute Gasteiger partial charge is 0.370 e. The fourth-order valence-electron chi connectivity index (χ4n) is 1.98. The zero-order valence-corrected chi connectivity index (χ0v) is 10.5. The zero-order chi connectivity index (χ0) is 12.1. The van der Waals surface area contributed by atoms with Crippen LogP contribution in [0.2, 0.25) is 0 Å². The predicted molar refractivity (Wildman–Crippen MR) is 72.3 cm³/mol. The molecule has 0 saturated carbocycles. The summed E-state index contributed by atoms with van der Waals surface area (Å²) in [4.78, 5) is 0. The van der Waals surface area contributed by atoms with Crippen LogP contribution in [0.15, 0.2) is 36.4 Å². The van der Waals surface area contributed by atoms with Gasteiger partial charge in [0, 0.05) is 13.7 Å². The maximum Gasteiger partial charge on any atom is 0.0961 e. The van der Waals surface area contributed by atoms with Crippen molar-refractivity contribution in [3.63, 3.8) is 0 Å². The number of ether oxygens (including phenoxy) is 1. The smallest absolute Gasteiger partial charge is 0.0961 e. The van der Waals surface area contributed by atoms with Crippen LogP contribution in [-0.4, -0.2) is 20.4 Å². The third-order valence-corrected chi connectivity index (χ3v) is 2.90. The van der Waals surface area contributed by atoms with E-state index in [1.807, 2.05) is 0 Å². The first-order valence-corrected chi connectivity index (χ1v) is 5.98. The van der Waals surface area contributed by atoms with Crippen LogP contribution in [-0.2, 0) is 11.2 Å². The van der Waals surface area contributed by atoms with Gasteiger partial charge in [-0.2, -0.15) is 0 Å². The van der Waals surface area contributed by atoms with E-state index in [0.717, 1.165) is 13.0 Å². The van der Waals surface area contributed by atoms with Crippen LogP contribution in [0.1, 0.15) is 11.1 Å². The molecule has 0 unspecified atom stereocenters. The first kappa shape index (κ1) is 12.1. The second kappa shape index (κ2) is 5.80. The van der Waals surface area contributed by atoms with Crippen molar-refractivity contribution in [2.75, 3.05) is 20.4 Å². The zero-order valence-electron chi connectivity index (χ0n) is 10.5. The minimum atomic E-state index is 0.618. The van der Waals surface area contributed by atoms with E-state index in [1.165, 1.54) is 21.9 Å². The van der Waals surface area contributed by atoms with Crippen molar-refractivity contribution in [2.45, 2.75) is 13.3 Å². The molecular weight excluding hydrogens is 210 g/mol. The average molecular weight is 229 g/mol. The highest BCUT2D eigenvalue weighted by Crippen LogP contribution is 2.17. The van der Waals surface area contributed by atoms with Crippen molar-refractivity contribution >= 4 is 10.8 Å². The number of benzene rings is 2. The van der Waals surface area contributed by atoms with Gasteiger partial charge >= 0.3 is 0 Å². The normalized spacial score (nSPS) is 10.9. The van der Waals surface area contributed by atoms with Gasteiger partial charge < -0.3 is 4.74 Å². The highest BCUT2D eigenvalue weighted by molar-refractivity contribution is 5.83. The molecule has 2 aromatic carbocycles. The molecule has 0 spiro atoms. The third kappa shape index (κ3) is 3.29. The van der Waals surface area contributed by atoms with Crippen molar-refractivity contribution in [2.24, 2.45) is 0 Å². The first-order valence-electron chi connectivity index (χ1n) is 5.98. The molecule has 0 heterocycles. The topological polar surface area (TPSA) is 21.3 Å². The molecule has 1 N–H and O–H groups in total. The minimum Gasteiger partial charge on any atom is -0.370 e. The summed E-state index contributed by atoms with van der Waals surface area (Å²) in [6.45, 7) is 3.69. The molecule has 0 saturated heterocycles. The van der Waals surface area contributed by atoms with E-state index < -0.39 is 0 Å². The van der Waals surface area contributed by atoms with Crippen molar-refractivity contribution in [1.29, 1.82) is 0 Å². The van der Waals surface area contributed by atoms with Crippen LogP contribution in [0.5, 0.6) is 0 Å². The van der Waals surface area contributed by atoms with Gasteiger partial charge in [-0.05, 0) is 29.7 Å². The fourth-order valence-corrected chi connectivity index (χ4v) is 1.98. The van der Waals surface area contributed by atoms with Crippen LogP contribution in [0.3, 0.4) is 0 Å². The van der Waals surface area contributed by atoms with Crippen molar-refractivity contribution < 1.29 is 4.74 Å². The van der Waals surface area contributed by atoms with Crippen molar-refractivity contribution in [3.05, 3.63) is 47.5 Å². The summed E-state index contributed by atoms with van der Waals surface area (Å²) in [7, 11) is 1.70. The molecule has 2 heteroatoms. The number of methoxy groups -OCH3 is 1. The van der Waals surface area contributed by atoms with E-state index in [-0.39, 0.29) is 0 Å². The Morgan fingerprint density at radius 2 is 1.82 bits per heavy atom. The first-order chi connectivity index (χ1) is 8.29. The summed E-state index contributed by atoms with van der Waals surface area (Å²) in [5.74, 6) is 0. The standard InChI is InChI=1S/C15H19NO/c1-12-3-5-15-10-13(4-6-14(15)9-12)7-8-16-11-17-2/h3-6,9-10,16H,7-8,11H2,1-2H3. The summed E-state index contributed by atoms with van der Waals surface area (Å²) < 4.78 is 4.95. The maximum absolute atomic E-state index is 4.95. The number of rotatable bonds is 5. The van der Waals surface area contributed by atoms with Crippen LogP contribution in [0, 0.1) is 6.92 Å². The van der Waals surface area contributed by atoms with Crippen LogP contribution >= 0.6 is 0 Å². The lowest BCUT2D eigenvalue weighted by atomic mass is 10.0. The second-order valence-electron chi connectivity index (χ2n) is 4.37. The Morgan fingerprint density at radius 1 is 1.06 bits per heavy atom. The molecule has 0 atom stereocenters. The molecule has 0 aromatic heterocycles. The lowest BCUT2D eigenvalue weighted by Crippen LogP contribution is -2.19. The molecule has 0 fully saturated rings. The van der Waals surface area contributed by atoms with Gasteiger partial charge in [-0.25, -0.2) is 0 Å². The highest BCUT2D eigenvalue weighted by Gasteiger charge is 1.97. The predicted octanol–water partition coefficient (Wildman–Crippen LogP) is 2.88. The number of fused-ring (bicyclic) bond motifs is 1. The monoisotopic (exact) mass is 229 g/mol. The van der Waals surface area contributed by atoms with E-state index >= 15 is 0 Å². The fraction of sp³-hybridized carbons (Fsp3) is 0.333. The van der Waals surface area contributed by atoms with Crippen LogP contribution < -0.4 is 5.32 Å². The number of aryl methyl sites for hydroxylation is 1. The quantitative estimate of drug-likeness (QED) is 0.629. The molecule has 0 radical (unpaired) electrons. The molecule has 2 nitrogen and oxygen atoms in total. The summed E-state index contributed by atoms with van der Waals surface area (Å²) in [5, 5.41) is 5.86. The van der Waals surface area contributed by atoms with E-state index in [1.54, 1.807) is 7.11 Å². The second-order valence-corrected chi connectivity index (χ2v) is 4.37. The molecule has 0 bridgehead atoms. The Bertz CT molecular complexity index is 493. The van der Waals surface area contributed by atoms with Gasteiger partial charge in [0.1, 0.15) is 0 Å². The Balaban J connectivity index is 2.07. The van der Waals surface area contributed by atoms with Gasteiger partial charge in [-0.1, -0.05) is 42.0 Å². The summed E-state index contributed by atoms with van der Waals surface area (Å²) in [6.07, 6.45) is 1.03. The number of nitrogens with one attached hydrogen (secondary N) is 1. The third-order valence-electron chi connectivity index (χ3n) is 2.90.